The first-order valence-electron chi connectivity index (χ1n) is 6.15. The van der Waals surface area contributed by atoms with Crippen LogP contribution in [0.15, 0.2) is 0 Å². The molecular weight excluding hydrogens is 236 g/mol. The summed E-state index contributed by atoms with van der Waals surface area (Å²) in [4.78, 5) is 12.5. The highest BCUT2D eigenvalue weighted by molar-refractivity contribution is 7.80. The van der Waals surface area contributed by atoms with Crippen molar-refractivity contribution in [3.05, 3.63) is 0 Å². The Hall–Kier alpha value is -0.680. The van der Waals surface area contributed by atoms with Gasteiger partial charge in [-0.2, -0.15) is 0 Å². The molecule has 5 heteroatoms. The van der Waals surface area contributed by atoms with Gasteiger partial charge in [-0.3, -0.25) is 4.79 Å². The highest BCUT2D eigenvalue weighted by atomic mass is 32.1. The summed E-state index contributed by atoms with van der Waals surface area (Å²) < 4.78 is 5.65. The van der Waals surface area contributed by atoms with Crippen molar-refractivity contribution in [2.45, 2.75) is 45.8 Å². The molecule has 0 aliphatic carbocycles. The number of nitrogens with one attached hydrogen (secondary N) is 1. The summed E-state index contributed by atoms with van der Waals surface area (Å²) in [6, 6.07) is 0. The van der Waals surface area contributed by atoms with Gasteiger partial charge in [0.15, 0.2) is 0 Å². The number of rotatable bonds is 5. The van der Waals surface area contributed by atoms with Crippen LogP contribution in [0.3, 0.4) is 0 Å². The van der Waals surface area contributed by atoms with Crippen LogP contribution in [0.2, 0.25) is 0 Å². The molecule has 1 amide bonds. The van der Waals surface area contributed by atoms with Crippen LogP contribution in [0.4, 0.5) is 0 Å². The minimum absolute atomic E-state index is 0.00409. The summed E-state index contributed by atoms with van der Waals surface area (Å²) >= 11 is 4.78. The van der Waals surface area contributed by atoms with Gasteiger partial charge in [0.1, 0.15) is 0 Å². The third-order valence-electron chi connectivity index (χ3n) is 3.44. The van der Waals surface area contributed by atoms with Crippen molar-refractivity contribution >= 4 is 23.1 Å². The second kappa shape index (κ2) is 6.31. The maximum Gasteiger partial charge on any atom is 0.226 e. The Kier molecular flexibility index (Phi) is 5.33. The fourth-order valence-electron chi connectivity index (χ4n) is 2.31. The van der Waals surface area contributed by atoms with E-state index in [1.165, 1.54) is 0 Å². The second-order valence-corrected chi connectivity index (χ2v) is 5.32. The van der Waals surface area contributed by atoms with Crippen LogP contribution in [0.1, 0.15) is 33.6 Å². The molecule has 0 bridgehead atoms. The van der Waals surface area contributed by atoms with Crippen molar-refractivity contribution in [2.75, 3.05) is 6.54 Å². The number of hydrogen-bond donors (Lipinski definition) is 2. The van der Waals surface area contributed by atoms with Crippen molar-refractivity contribution in [1.82, 2.24) is 5.32 Å². The normalized spacial score (nSPS) is 32.4. The largest absolute Gasteiger partial charge is 0.393 e. The van der Waals surface area contributed by atoms with Crippen LogP contribution in [0.25, 0.3) is 0 Å². The molecule has 0 aromatic heterocycles. The fourth-order valence-corrected chi connectivity index (χ4v) is 2.45. The van der Waals surface area contributed by atoms with Crippen LogP contribution in [0.5, 0.6) is 0 Å². The van der Waals surface area contributed by atoms with E-state index < -0.39 is 0 Å². The SMILES string of the molecule is CC1OC(C)C(C(=O)NCCCC(N)=S)C1C. The molecule has 4 nitrogen and oxygen atoms in total. The monoisotopic (exact) mass is 258 g/mol. The first-order chi connectivity index (χ1) is 7.93. The molecule has 0 saturated carbocycles. The fraction of sp³-hybridized carbons (Fsp3) is 0.833. The molecule has 4 unspecified atom stereocenters. The van der Waals surface area contributed by atoms with Gasteiger partial charge in [0.05, 0.1) is 23.1 Å². The Balaban J connectivity index is 2.34. The van der Waals surface area contributed by atoms with Gasteiger partial charge >= 0.3 is 0 Å². The van der Waals surface area contributed by atoms with Crippen molar-refractivity contribution in [3.8, 4) is 0 Å². The molecule has 1 rings (SSSR count). The molecule has 1 fully saturated rings. The van der Waals surface area contributed by atoms with E-state index in [2.05, 4.69) is 12.2 Å². The topological polar surface area (TPSA) is 64.3 Å². The number of carbonyl (C=O) groups is 1. The van der Waals surface area contributed by atoms with Gasteiger partial charge in [-0.1, -0.05) is 19.1 Å². The van der Waals surface area contributed by atoms with Gasteiger partial charge < -0.3 is 15.8 Å². The Bertz CT molecular complexity index is 296. The molecule has 0 aromatic carbocycles. The van der Waals surface area contributed by atoms with Crippen LogP contribution < -0.4 is 11.1 Å². The van der Waals surface area contributed by atoms with Crippen molar-refractivity contribution in [1.29, 1.82) is 0 Å². The molecule has 1 aliphatic rings. The molecule has 1 saturated heterocycles. The molecule has 1 aliphatic heterocycles. The van der Waals surface area contributed by atoms with Crippen LogP contribution in [-0.4, -0.2) is 29.6 Å². The summed E-state index contributed by atoms with van der Waals surface area (Å²) in [7, 11) is 0. The molecule has 0 radical (unpaired) electrons. The van der Waals surface area contributed by atoms with Gasteiger partial charge in [-0.15, -0.1) is 0 Å². The van der Waals surface area contributed by atoms with Crippen LogP contribution in [0, 0.1) is 11.8 Å². The summed E-state index contributed by atoms with van der Waals surface area (Å²) in [5.41, 5.74) is 5.39. The van der Waals surface area contributed by atoms with Crippen LogP contribution >= 0.6 is 12.2 Å². The maximum atomic E-state index is 12.0. The lowest BCUT2D eigenvalue weighted by Gasteiger charge is -2.17. The van der Waals surface area contributed by atoms with E-state index in [1.807, 2.05) is 13.8 Å². The molecule has 17 heavy (non-hydrogen) atoms. The molecule has 0 spiro atoms. The van der Waals surface area contributed by atoms with Gasteiger partial charge in [0.2, 0.25) is 5.91 Å². The Morgan fingerprint density at radius 3 is 2.47 bits per heavy atom. The van der Waals surface area contributed by atoms with Gasteiger partial charge in [-0.05, 0) is 32.6 Å². The standard InChI is InChI=1S/C12H22N2O2S/c1-7-8(2)16-9(3)11(7)12(15)14-6-4-5-10(13)17/h7-9,11H,4-6H2,1-3H3,(H2,13,17)(H,14,15). The number of thiocarbonyl (C=S) groups is 1. The lowest BCUT2D eigenvalue weighted by Crippen LogP contribution is -2.37. The lowest BCUT2D eigenvalue weighted by molar-refractivity contribution is -0.127. The minimum Gasteiger partial charge on any atom is -0.393 e. The molecule has 4 atom stereocenters. The van der Waals surface area contributed by atoms with Crippen LogP contribution in [-0.2, 0) is 9.53 Å². The Morgan fingerprint density at radius 2 is 2.00 bits per heavy atom. The Labute approximate surface area is 108 Å². The summed E-state index contributed by atoms with van der Waals surface area (Å²) in [5.74, 6) is 0.299. The molecule has 0 aromatic rings. The smallest absolute Gasteiger partial charge is 0.226 e. The van der Waals surface area contributed by atoms with Gasteiger partial charge in [0.25, 0.3) is 0 Å². The number of amides is 1. The second-order valence-electron chi connectivity index (χ2n) is 4.79. The highest BCUT2D eigenvalue weighted by Crippen LogP contribution is 2.32. The summed E-state index contributed by atoms with van der Waals surface area (Å²) in [5, 5.41) is 2.93. The van der Waals surface area contributed by atoms with E-state index in [9.17, 15) is 4.79 Å². The quantitative estimate of drug-likeness (QED) is 0.575. The molecule has 1 heterocycles. The third-order valence-corrected chi connectivity index (χ3v) is 3.65. The van der Waals surface area contributed by atoms with Gasteiger partial charge in [0, 0.05) is 6.54 Å². The zero-order valence-electron chi connectivity index (χ0n) is 10.7. The zero-order chi connectivity index (χ0) is 13.0. The average Bonchev–Trinajstić information content (AvgIpc) is 2.48. The van der Waals surface area contributed by atoms with E-state index in [0.717, 1.165) is 6.42 Å². The lowest BCUT2D eigenvalue weighted by atomic mass is 9.89. The van der Waals surface area contributed by atoms with Gasteiger partial charge in [-0.25, -0.2) is 0 Å². The third kappa shape index (κ3) is 3.92. The molecule has 3 N–H and O–H groups in total. The van der Waals surface area contributed by atoms with Crippen molar-refractivity contribution < 1.29 is 9.53 Å². The van der Waals surface area contributed by atoms with Crippen molar-refractivity contribution in [3.63, 3.8) is 0 Å². The first kappa shape index (κ1) is 14.4. The summed E-state index contributed by atoms with van der Waals surface area (Å²) in [6.45, 7) is 6.66. The Morgan fingerprint density at radius 1 is 1.35 bits per heavy atom. The minimum atomic E-state index is -0.0465. The average molecular weight is 258 g/mol. The van der Waals surface area contributed by atoms with Crippen molar-refractivity contribution in [2.24, 2.45) is 17.6 Å². The predicted molar refractivity (Wildman–Crippen MR) is 71.7 cm³/mol. The zero-order valence-corrected chi connectivity index (χ0v) is 11.5. The number of nitrogens with two attached hydrogens (primary N) is 1. The highest BCUT2D eigenvalue weighted by Gasteiger charge is 2.41. The van der Waals surface area contributed by atoms with E-state index in [1.54, 1.807) is 0 Å². The number of carbonyl (C=O) groups excluding carboxylic acids is 1. The first-order valence-corrected chi connectivity index (χ1v) is 6.55. The predicted octanol–water partition coefficient (Wildman–Crippen LogP) is 1.23. The van der Waals surface area contributed by atoms with E-state index in [4.69, 9.17) is 22.7 Å². The number of hydrogen-bond acceptors (Lipinski definition) is 3. The summed E-state index contributed by atoms with van der Waals surface area (Å²) in [6.07, 6.45) is 1.62. The van der Waals surface area contributed by atoms with E-state index in [-0.39, 0.29) is 30.0 Å². The maximum absolute atomic E-state index is 12.0. The molecular formula is C12H22N2O2S. The van der Waals surface area contributed by atoms with E-state index >= 15 is 0 Å². The number of ether oxygens (including phenoxy) is 1. The van der Waals surface area contributed by atoms with E-state index in [0.29, 0.717) is 18.0 Å². The molecule has 98 valence electrons.